The van der Waals surface area contributed by atoms with Gasteiger partial charge in [-0.05, 0) is 37.8 Å². The highest BCUT2D eigenvalue weighted by atomic mass is 79.9. The smallest absolute Gasteiger partial charge is 0.0886 e. The fourth-order valence-corrected chi connectivity index (χ4v) is 1.78. The van der Waals surface area contributed by atoms with Crippen LogP contribution in [0.15, 0.2) is 15.5 Å². The Kier molecular flexibility index (Phi) is 3.09. The van der Waals surface area contributed by atoms with Gasteiger partial charge in [-0.15, -0.1) is 0 Å². The third-order valence-corrected chi connectivity index (χ3v) is 3.05. The summed E-state index contributed by atoms with van der Waals surface area (Å²) in [6.07, 6.45) is 0. The van der Waals surface area contributed by atoms with Crippen molar-refractivity contribution in [2.24, 2.45) is 4.99 Å². The predicted octanol–water partition coefficient (Wildman–Crippen LogP) is 3.44. The molecule has 1 rings (SSSR count). The van der Waals surface area contributed by atoms with E-state index in [1.165, 1.54) is 5.56 Å². The molecule has 0 bridgehead atoms. The van der Waals surface area contributed by atoms with Gasteiger partial charge in [0, 0.05) is 11.5 Å². The van der Waals surface area contributed by atoms with Gasteiger partial charge in [-0.3, -0.25) is 4.99 Å². The Bertz CT molecular complexity index is 345. The average molecular weight is 241 g/mol. The summed E-state index contributed by atoms with van der Waals surface area (Å²) in [5, 5.41) is 3.09. The summed E-state index contributed by atoms with van der Waals surface area (Å²) in [5.41, 5.74) is 4.31. The molecule has 70 valence electrons. The molecule has 0 aliphatic rings. The largest absolute Gasteiger partial charge is 0.386 e. The Morgan fingerprint density at radius 1 is 1.38 bits per heavy atom. The number of anilines is 1. The summed E-state index contributed by atoms with van der Waals surface area (Å²) in [7, 11) is 1.88. The van der Waals surface area contributed by atoms with Crippen LogP contribution in [0, 0.1) is 13.8 Å². The van der Waals surface area contributed by atoms with Gasteiger partial charge in [0.15, 0.2) is 0 Å². The molecule has 0 aliphatic heterocycles. The highest BCUT2D eigenvalue weighted by Gasteiger charge is 2.08. The number of aliphatic imine (C=N–C) groups is 1. The van der Waals surface area contributed by atoms with Gasteiger partial charge in [-0.25, -0.2) is 0 Å². The molecule has 3 heteroatoms. The lowest BCUT2D eigenvalue weighted by Crippen LogP contribution is -1.93. The Labute approximate surface area is 87.2 Å². The second kappa shape index (κ2) is 3.92. The highest BCUT2D eigenvalue weighted by molar-refractivity contribution is 9.10. The van der Waals surface area contributed by atoms with E-state index in [1.54, 1.807) is 0 Å². The summed E-state index contributed by atoms with van der Waals surface area (Å²) in [6.45, 7) is 7.68. The van der Waals surface area contributed by atoms with Crippen molar-refractivity contribution in [2.75, 3.05) is 12.4 Å². The van der Waals surface area contributed by atoms with Crippen molar-refractivity contribution in [1.29, 1.82) is 0 Å². The molecular formula is C10H13BrN2. The molecule has 1 N–H and O–H groups in total. The maximum atomic E-state index is 4.01. The van der Waals surface area contributed by atoms with Gasteiger partial charge in [-0.2, -0.15) is 0 Å². The first kappa shape index (κ1) is 10.3. The number of hydrogen-bond donors (Lipinski definition) is 1. The van der Waals surface area contributed by atoms with Crippen molar-refractivity contribution >= 4 is 34.0 Å². The molecule has 13 heavy (non-hydrogen) atoms. The van der Waals surface area contributed by atoms with Crippen LogP contribution in [0.1, 0.15) is 11.1 Å². The summed E-state index contributed by atoms with van der Waals surface area (Å²) >= 11 is 3.50. The van der Waals surface area contributed by atoms with Gasteiger partial charge >= 0.3 is 0 Å². The molecule has 0 unspecified atom stereocenters. The third-order valence-electron chi connectivity index (χ3n) is 2.23. The summed E-state index contributed by atoms with van der Waals surface area (Å²) in [5.74, 6) is 0. The van der Waals surface area contributed by atoms with Crippen molar-refractivity contribution in [2.45, 2.75) is 13.8 Å². The Morgan fingerprint density at radius 3 is 2.46 bits per heavy atom. The fourth-order valence-electron chi connectivity index (χ4n) is 1.26. The molecule has 0 saturated heterocycles. The number of nitrogens with one attached hydrogen (secondary N) is 1. The van der Waals surface area contributed by atoms with Crippen LogP contribution in [0.3, 0.4) is 0 Å². The molecule has 1 aromatic rings. The van der Waals surface area contributed by atoms with Crippen LogP contribution in [0.4, 0.5) is 11.4 Å². The second-order valence-corrected chi connectivity index (χ2v) is 3.77. The zero-order chi connectivity index (χ0) is 10.0. The maximum Gasteiger partial charge on any atom is 0.0886 e. The first-order chi connectivity index (χ1) is 6.11. The van der Waals surface area contributed by atoms with Gasteiger partial charge in [0.25, 0.3) is 0 Å². The molecule has 0 spiro atoms. The van der Waals surface area contributed by atoms with Crippen molar-refractivity contribution < 1.29 is 0 Å². The summed E-state index contributed by atoms with van der Waals surface area (Å²) < 4.78 is 1.10. The third kappa shape index (κ3) is 1.75. The van der Waals surface area contributed by atoms with Gasteiger partial charge in [0.2, 0.25) is 0 Å². The highest BCUT2D eigenvalue weighted by Crippen LogP contribution is 2.35. The van der Waals surface area contributed by atoms with Gasteiger partial charge in [-0.1, -0.05) is 15.9 Å². The lowest BCUT2D eigenvalue weighted by Gasteiger charge is -2.12. The van der Waals surface area contributed by atoms with Crippen LogP contribution in [0.2, 0.25) is 0 Å². The Hall–Kier alpha value is -0.830. The van der Waals surface area contributed by atoms with Gasteiger partial charge in [0.1, 0.15) is 0 Å². The van der Waals surface area contributed by atoms with E-state index in [2.05, 4.69) is 39.9 Å². The van der Waals surface area contributed by atoms with E-state index in [9.17, 15) is 0 Å². The van der Waals surface area contributed by atoms with Crippen molar-refractivity contribution in [1.82, 2.24) is 0 Å². The van der Waals surface area contributed by atoms with E-state index >= 15 is 0 Å². The lowest BCUT2D eigenvalue weighted by atomic mass is 10.1. The first-order valence-electron chi connectivity index (χ1n) is 4.06. The van der Waals surface area contributed by atoms with E-state index in [4.69, 9.17) is 0 Å². The standard InChI is InChI=1S/C10H13BrN2/c1-6-7(2)10(13-4)9(12-3)5-8(6)11/h5,12H,4H2,1-3H3. The molecule has 0 amide bonds. The molecule has 0 saturated carbocycles. The zero-order valence-electron chi connectivity index (χ0n) is 8.11. The van der Waals surface area contributed by atoms with Gasteiger partial charge in [0.05, 0.1) is 11.4 Å². The lowest BCUT2D eigenvalue weighted by molar-refractivity contribution is 1.28. The van der Waals surface area contributed by atoms with Gasteiger partial charge < -0.3 is 5.32 Å². The molecule has 0 aromatic heterocycles. The Balaban J connectivity index is 3.47. The molecule has 0 aliphatic carbocycles. The first-order valence-corrected chi connectivity index (χ1v) is 4.85. The normalized spacial score (nSPS) is 9.85. The molecule has 0 heterocycles. The minimum absolute atomic E-state index is 0.934. The average Bonchev–Trinajstić information content (AvgIpc) is 2.13. The molecular weight excluding hydrogens is 228 g/mol. The number of rotatable bonds is 2. The van der Waals surface area contributed by atoms with E-state index in [-0.39, 0.29) is 0 Å². The SMILES string of the molecule is C=Nc1c(NC)cc(Br)c(C)c1C. The van der Waals surface area contributed by atoms with E-state index < -0.39 is 0 Å². The second-order valence-electron chi connectivity index (χ2n) is 2.91. The van der Waals surface area contributed by atoms with Crippen molar-refractivity contribution in [3.63, 3.8) is 0 Å². The van der Waals surface area contributed by atoms with Crippen LogP contribution in [0.5, 0.6) is 0 Å². The van der Waals surface area contributed by atoms with E-state index in [0.717, 1.165) is 21.4 Å². The zero-order valence-corrected chi connectivity index (χ0v) is 9.70. The number of halogens is 1. The molecule has 2 nitrogen and oxygen atoms in total. The van der Waals surface area contributed by atoms with Crippen LogP contribution < -0.4 is 5.32 Å². The van der Waals surface area contributed by atoms with Crippen LogP contribution in [-0.2, 0) is 0 Å². The number of nitrogens with zero attached hydrogens (tertiary/aromatic N) is 1. The molecule has 0 atom stereocenters. The quantitative estimate of drug-likeness (QED) is 0.788. The molecule has 0 radical (unpaired) electrons. The topological polar surface area (TPSA) is 24.4 Å². The fraction of sp³-hybridized carbons (Fsp3) is 0.300. The maximum absolute atomic E-state index is 4.01. The van der Waals surface area contributed by atoms with E-state index in [1.807, 2.05) is 20.0 Å². The Morgan fingerprint density at radius 2 is 2.00 bits per heavy atom. The van der Waals surface area contributed by atoms with Crippen LogP contribution in [0.25, 0.3) is 0 Å². The summed E-state index contributed by atoms with van der Waals surface area (Å²) in [6, 6.07) is 2.02. The minimum Gasteiger partial charge on any atom is -0.386 e. The minimum atomic E-state index is 0.934. The van der Waals surface area contributed by atoms with Crippen LogP contribution in [-0.4, -0.2) is 13.8 Å². The van der Waals surface area contributed by atoms with Crippen molar-refractivity contribution in [3.8, 4) is 0 Å². The van der Waals surface area contributed by atoms with Crippen LogP contribution >= 0.6 is 15.9 Å². The number of benzene rings is 1. The van der Waals surface area contributed by atoms with Crippen molar-refractivity contribution in [3.05, 3.63) is 21.7 Å². The molecule has 0 fully saturated rings. The van der Waals surface area contributed by atoms with E-state index in [0.29, 0.717) is 0 Å². The monoisotopic (exact) mass is 240 g/mol. The molecule has 1 aromatic carbocycles. The summed E-state index contributed by atoms with van der Waals surface area (Å²) in [4.78, 5) is 4.01. The predicted molar refractivity (Wildman–Crippen MR) is 62.4 cm³/mol. The number of hydrogen-bond acceptors (Lipinski definition) is 2.